The Labute approximate surface area is 197 Å². The van der Waals surface area contributed by atoms with Crippen LogP contribution in [-0.4, -0.2) is 18.1 Å². The number of methoxy groups -OCH3 is 1. The lowest BCUT2D eigenvalue weighted by atomic mass is 9.79. The molecule has 33 heavy (non-hydrogen) atoms. The molecule has 3 aromatic carbocycles. The van der Waals surface area contributed by atoms with Crippen molar-refractivity contribution in [3.8, 4) is 11.5 Å². The van der Waals surface area contributed by atoms with Gasteiger partial charge in [-0.3, -0.25) is 9.69 Å². The summed E-state index contributed by atoms with van der Waals surface area (Å²) in [7, 11) is 1.57. The highest BCUT2D eigenvalue weighted by molar-refractivity contribution is 6.12. The summed E-state index contributed by atoms with van der Waals surface area (Å²) >= 11 is 0. The first-order chi connectivity index (χ1) is 15.3. The van der Waals surface area contributed by atoms with Gasteiger partial charge in [0.1, 0.15) is 11.5 Å². The van der Waals surface area contributed by atoms with Crippen molar-refractivity contribution < 1.29 is 14.6 Å². The summed E-state index contributed by atoms with van der Waals surface area (Å²) in [6.07, 6.45) is 0. The Bertz CT molecular complexity index is 1110. The van der Waals surface area contributed by atoms with Crippen molar-refractivity contribution in [3.63, 3.8) is 0 Å². The second-order valence-electron chi connectivity index (χ2n) is 10.6. The summed E-state index contributed by atoms with van der Waals surface area (Å²) < 4.78 is 5.50. The molecule has 174 valence electrons. The van der Waals surface area contributed by atoms with Gasteiger partial charge in [0, 0.05) is 16.8 Å². The second-order valence-corrected chi connectivity index (χ2v) is 10.6. The highest BCUT2D eigenvalue weighted by Gasteiger charge is 2.30. The Morgan fingerprint density at radius 3 is 1.82 bits per heavy atom. The third-order valence-electron chi connectivity index (χ3n) is 5.80. The first-order valence-electron chi connectivity index (χ1n) is 11.3. The van der Waals surface area contributed by atoms with Gasteiger partial charge >= 0.3 is 0 Å². The van der Waals surface area contributed by atoms with Crippen LogP contribution in [0.5, 0.6) is 11.5 Å². The lowest BCUT2D eigenvalue weighted by Gasteiger charge is -2.31. The van der Waals surface area contributed by atoms with Crippen LogP contribution in [0.1, 0.15) is 68.6 Å². The number of aryl methyl sites for hydroxylation is 1. The minimum atomic E-state index is -0.313. The summed E-state index contributed by atoms with van der Waals surface area (Å²) in [6.45, 7) is 14.4. The fraction of sp³-hybridized carbons (Fsp3) is 0.345. The van der Waals surface area contributed by atoms with Gasteiger partial charge < -0.3 is 9.84 Å². The van der Waals surface area contributed by atoms with Crippen molar-refractivity contribution >= 4 is 17.3 Å². The zero-order valence-corrected chi connectivity index (χ0v) is 21.0. The van der Waals surface area contributed by atoms with E-state index in [9.17, 15) is 9.90 Å². The fourth-order valence-corrected chi connectivity index (χ4v) is 3.91. The van der Waals surface area contributed by atoms with Gasteiger partial charge in [-0.25, -0.2) is 0 Å². The van der Waals surface area contributed by atoms with Crippen LogP contribution in [0.25, 0.3) is 0 Å². The number of carbonyl (C=O) groups excluding carboxylic acids is 1. The molecule has 0 fully saturated rings. The van der Waals surface area contributed by atoms with Crippen LogP contribution in [0.15, 0.2) is 60.7 Å². The molecule has 0 unspecified atom stereocenters. The molecule has 0 aliphatic rings. The maximum Gasteiger partial charge on any atom is 0.266 e. The van der Waals surface area contributed by atoms with Crippen LogP contribution in [-0.2, 0) is 10.8 Å². The SMILES string of the molecule is COc1ccccc1C(=O)N(c1ccc(C)cc1)c1cc(C(C)(C)C)c(O)c(C(C)(C)C)c1. The Morgan fingerprint density at radius 2 is 1.33 bits per heavy atom. The van der Waals surface area contributed by atoms with E-state index in [1.807, 2.05) is 55.5 Å². The monoisotopic (exact) mass is 445 g/mol. The number of anilines is 2. The predicted molar refractivity (Wildman–Crippen MR) is 136 cm³/mol. The largest absolute Gasteiger partial charge is 0.507 e. The quantitative estimate of drug-likeness (QED) is 0.459. The minimum absolute atomic E-state index is 0.193. The van der Waals surface area contributed by atoms with Crippen LogP contribution >= 0.6 is 0 Å². The molecule has 3 aromatic rings. The number of amides is 1. The first kappa shape index (κ1) is 24.4. The van der Waals surface area contributed by atoms with E-state index in [0.717, 1.165) is 22.4 Å². The molecule has 1 N–H and O–H groups in total. The molecule has 0 aliphatic carbocycles. The maximum atomic E-state index is 14.0. The van der Waals surface area contributed by atoms with Crippen molar-refractivity contribution in [2.24, 2.45) is 0 Å². The van der Waals surface area contributed by atoms with E-state index in [1.54, 1.807) is 24.1 Å². The number of phenols is 1. The Balaban J connectivity index is 2.33. The number of rotatable bonds is 4. The van der Waals surface area contributed by atoms with E-state index in [-0.39, 0.29) is 22.5 Å². The topological polar surface area (TPSA) is 49.8 Å². The number of benzene rings is 3. The van der Waals surface area contributed by atoms with Gasteiger partial charge in [0.25, 0.3) is 5.91 Å². The van der Waals surface area contributed by atoms with Gasteiger partial charge in [-0.2, -0.15) is 0 Å². The molecule has 4 heteroatoms. The van der Waals surface area contributed by atoms with Crippen LogP contribution in [0.2, 0.25) is 0 Å². The van der Waals surface area contributed by atoms with Gasteiger partial charge in [0.2, 0.25) is 0 Å². The highest BCUT2D eigenvalue weighted by atomic mass is 16.5. The van der Waals surface area contributed by atoms with E-state index in [2.05, 4.69) is 41.5 Å². The molecule has 3 rings (SSSR count). The van der Waals surface area contributed by atoms with Gasteiger partial charge in [0.05, 0.1) is 18.4 Å². The molecule has 0 aliphatic heterocycles. The van der Waals surface area contributed by atoms with Crippen molar-refractivity contribution in [1.82, 2.24) is 0 Å². The number of nitrogens with zero attached hydrogens (tertiary/aromatic N) is 1. The van der Waals surface area contributed by atoms with E-state index in [4.69, 9.17) is 4.74 Å². The predicted octanol–water partition coefficient (Wildman–Crippen LogP) is 7.28. The Hall–Kier alpha value is -3.27. The van der Waals surface area contributed by atoms with Gasteiger partial charge in [-0.1, -0.05) is 71.4 Å². The zero-order valence-electron chi connectivity index (χ0n) is 21.0. The van der Waals surface area contributed by atoms with Gasteiger partial charge in [-0.05, 0) is 54.2 Å². The Kier molecular flexibility index (Phi) is 6.60. The van der Waals surface area contributed by atoms with Crippen LogP contribution in [0, 0.1) is 6.92 Å². The third-order valence-corrected chi connectivity index (χ3v) is 5.80. The Morgan fingerprint density at radius 1 is 0.818 bits per heavy atom. The zero-order chi connectivity index (χ0) is 24.6. The molecule has 0 heterocycles. The molecule has 0 saturated heterocycles. The standard InChI is InChI=1S/C29H35NO3/c1-19-13-15-20(16-14-19)30(27(32)22-11-9-10-12-25(22)33-8)21-17-23(28(2,3)4)26(31)24(18-21)29(5,6)7/h9-18,31H,1-8H3. The van der Waals surface area contributed by atoms with Gasteiger partial charge in [0.15, 0.2) is 0 Å². The van der Waals surface area contributed by atoms with E-state index in [1.165, 1.54) is 0 Å². The molecule has 0 aromatic heterocycles. The minimum Gasteiger partial charge on any atom is -0.507 e. The highest BCUT2D eigenvalue weighted by Crippen LogP contribution is 2.43. The second kappa shape index (κ2) is 8.93. The number of carbonyl (C=O) groups is 1. The van der Waals surface area contributed by atoms with E-state index >= 15 is 0 Å². The average molecular weight is 446 g/mol. The lowest BCUT2D eigenvalue weighted by molar-refractivity contribution is 0.0996. The molecule has 1 amide bonds. The van der Waals surface area contributed by atoms with Crippen LogP contribution < -0.4 is 9.64 Å². The summed E-state index contributed by atoms with van der Waals surface area (Å²) in [6, 6.07) is 19.0. The van der Waals surface area contributed by atoms with Crippen molar-refractivity contribution in [2.45, 2.75) is 59.3 Å². The smallest absolute Gasteiger partial charge is 0.266 e. The van der Waals surface area contributed by atoms with Crippen LogP contribution in [0.3, 0.4) is 0 Å². The third kappa shape index (κ3) is 5.05. The van der Waals surface area contributed by atoms with Crippen molar-refractivity contribution in [1.29, 1.82) is 0 Å². The van der Waals surface area contributed by atoms with E-state index in [0.29, 0.717) is 17.0 Å². The number of hydrogen-bond donors (Lipinski definition) is 1. The fourth-order valence-electron chi connectivity index (χ4n) is 3.91. The molecular weight excluding hydrogens is 410 g/mol. The van der Waals surface area contributed by atoms with Crippen molar-refractivity contribution in [3.05, 3.63) is 82.9 Å². The van der Waals surface area contributed by atoms with E-state index < -0.39 is 0 Å². The summed E-state index contributed by atoms with van der Waals surface area (Å²) in [5.74, 6) is 0.611. The lowest BCUT2D eigenvalue weighted by Crippen LogP contribution is -2.28. The number of phenolic OH excluding ortho intramolecular Hbond substituents is 1. The summed E-state index contributed by atoms with van der Waals surface area (Å²) in [5, 5.41) is 11.2. The summed E-state index contributed by atoms with van der Waals surface area (Å²) in [5.41, 5.74) is 4.02. The summed E-state index contributed by atoms with van der Waals surface area (Å²) in [4.78, 5) is 15.7. The molecule has 0 radical (unpaired) electrons. The van der Waals surface area contributed by atoms with Crippen molar-refractivity contribution in [2.75, 3.05) is 12.0 Å². The normalized spacial score (nSPS) is 11.9. The average Bonchev–Trinajstić information content (AvgIpc) is 2.74. The molecule has 4 nitrogen and oxygen atoms in total. The molecular formula is C29H35NO3. The van der Waals surface area contributed by atoms with Gasteiger partial charge in [-0.15, -0.1) is 0 Å². The molecule has 0 atom stereocenters. The van der Waals surface area contributed by atoms with Crippen LogP contribution in [0.4, 0.5) is 11.4 Å². The number of hydrogen-bond acceptors (Lipinski definition) is 3. The number of aromatic hydroxyl groups is 1. The molecule has 0 saturated carbocycles. The maximum absolute atomic E-state index is 14.0. The molecule has 0 bridgehead atoms. The first-order valence-corrected chi connectivity index (χ1v) is 11.3. The number of ether oxygens (including phenoxy) is 1. The number of para-hydroxylation sites is 1. The molecule has 0 spiro atoms.